The van der Waals surface area contributed by atoms with E-state index in [2.05, 4.69) is 33.0 Å². The number of rotatable bonds is 11. The number of nitrogens with zero attached hydrogens (tertiary/aromatic N) is 2. The van der Waals surface area contributed by atoms with Crippen molar-refractivity contribution < 1.29 is 52.6 Å². The first-order chi connectivity index (χ1) is 25.7. The SMILES string of the molecule is CC(C)=O.CC(C)[N+](=O)[O-].CC1C(=O)NC(C)(C)C1(C)C.CCOC(=O)C(C)=C(C)C.CCOC(=O)C(C)C(C)(C)C(C)(C)[N+](=O)[O-].CCOC(=O)C(C)P(C)(C)=O. The van der Waals surface area contributed by atoms with E-state index in [9.17, 15) is 48.8 Å². The smallest absolute Gasteiger partial charge is 0.333 e. The van der Waals surface area contributed by atoms with Gasteiger partial charge in [0.25, 0.3) is 0 Å². The van der Waals surface area contributed by atoms with E-state index < -0.39 is 35.7 Å². The van der Waals surface area contributed by atoms with Gasteiger partial charge in [0.05, 0.1) is 32.9 Å². The molecule has 0 saturated carbocycles. The molecule has 1 aliphatic rings. The summed E-state index contributed by atoms with van der Waals surface area (Å²) in [5.41, 5.74) is -0.710. The first-order valence-electron chi connectivity index (χ1n) is 19.5. The van der Waals surface area contributed by atoms with Crippen LogP contribution >= 0.6 is 7.14 Å². The summed E-state index contributed by atoms with van der Waals surface area (Å²) in [6, 6.07) is -0.426. The van der Waals surface area contributed by atoms with Crippen molar-refractivity contribution in [2.75, 3.05) is 33.2 Å². The molecule has 1 heterocycles. The van der Waals surface area contributed by atoms with Crippen molar-refractivity contribution in [3.8, 4) is 0 Å². The third-order valence-corrected chi connectivity index (χ3v) is 12.7. The summed E-state index contributed by atoms with van der Waals surface area (Å²) >= 11 is 0. The normalized spacial score (nSPS) is 15.9. The number of ether oxygens (including phenoxy) is 3. The molecule has 0 aromatic rings. The molecule has 1 fully saturated rings. The highest BCUT2D eigenvalue weighted by molar-refractivity contribution is 7.64. The number of amides is 1. The van der Waals surface area contributed by atoms with Gasteiger partial charge in [0, 0.05) is 60.0 Å². The van der Waals surface area contributed by atoms with Gasteiger partial charge < -0.3 is 28.9 Å². The predicted molar refractivity (Wildman–Crippen MR) is 231 cm³/mol. The van der Waals surface area contributed by atoms with Crippen molar-refractivity contribution in [1.82, 2.24) is 5.32 Å². The maximum Gasteiger partial charge on any atom is 0.333 e. The summed E-state index contributed by atoms with van der Waals surface area (Å²) in [6.07, 6.45) is 0. The molecule has 1 amide bonds. The summed E-state index contributed by atoms with van der Waals surface area (Å²) in [7, 11) is -2.32. The molecule has 3 unspecified atom stereocenters. The first kappa shape index (κ1) is 63.5. The molecule has 17 heteroatoms. The Balaban J connectivity index is -0.000000202. The second-order valence-corrected chi connectivity index (χ2v) is 20.7. The van der Waals surface area contributed by atoms with Gasteiger partial charge in [-0.2, -0.15) is 0 Å². The fourth-order valence-electron chi connectivity index (χ4n) is 3.73. The van der Waals surface area contributed by atoms with E-state index in [1.165, 1.54) is 27.7 Å². The lowest BCUT2D eigenvalue weighted by atomic mass is 9.67. The second kappa shape index (κ2) is 27.9. The van der Waals surface area contributed by atoms with Crippen LogP contribution in [-0.2, 0) is 42.7 Å². The summed E-state index contributed by atoms with van der Waals surface area (Å²) in [5.74, 6) is -1.00. The van der Waals surface area contributed by atoms with Crippen LogP contribution in [0.4, 0.5) is 0 Å². The average molecular weight is 854 g/mol. The largest absolute Gasteiger partial charge is 0.466 e. The number of carbonyl (C=O) groups excluding carboxylic acids is 5. The lowest BCUT2D eigenvalue weighted by Gasteiger charge is -2.37. The van der Waals surface area contributed by atoms with E-state index in [4.69, 9.17) is 14.2 Å². The Morgan fingerprint density at radius 2 is 1.14 bits per heavy atom. The van der Waals surface area contributed by atoms with E-state index in [-0.39, 0.29) is 62.9 Å². The number of Topliss-reactive ketones (excluding diaryl/α,β-unsaturated/α-hetero) is 1. The highest BCUT2D eigenvalue weighted by atomic mass is 31.2. The monoisotopic (exact) mass is 854 g/mol. The molecular weight excluding hydrogens is 773 g/mol. The number of hydrogen-bond acceptors (Lipinski definition) is 13. The number of carbonyl (C=O) groups is 5. The number of nitrogens with one attached hydrogen (secondary N) is 1. The molecule has 0 aromatic carbocycles. The van der Waals surface area contributed by atoms with Crippen LogP contribution in [0.1, 0.15) is 145 Å². The van der Waals surface area contributed by atoms with E-state index in [1.807, 2.05) is 20.8 Å². The Morgan fingerprint density at radius 1 is 0.793 bits per heavy atom. The lowest BCUT2D eigenvalue weighted by Crippen LogP contribution is -2.51. The van der Waals surface area contributed by atoms with Crippen LogP contribution in [0.15, 0.2) is 11.1 Å². The lowest BCUT2D eigenvalue weighted by molar-refractivity contribution is -0.582. The molecule has 342 valence electrons. The minimum atomic E-state index is -2.32. The molecule has 1 aliphatic heterocycles. The van der Waals surface area contributed by atoms with Gasteiger partial charge in [-0.1, -0.05) is 47.1 Å². The van der Waals surface area contributed by atoms with Gasteiger partial charge >= 0.3 is 17.9 Å². The number of allylic oxidation sites excluding steroid dienone is 1. The van der Waals surface area contributed by atoms with Crippen molar-refractivity contribution in [2.45, 2.75) is 168 Å². The van der Waals surface area contributed by atoms with Crippen molar-refractivity contribution in [1.29, 1.82) is 0 Å². The fraction of sp³-hybridized carbons (Fsp3) is 0.829. The molecule has 0 radical (unpaired) electrons. The summed E-state index contributed by atoms with van der Waals surface area (Å²) in [6.45, 7) is 41.5. The van der Waals surface area contributed by atoms with E-state index in [0.717, 1.165) is 5.57 Å². The Kier molecular flexibility index (Phi) is 30.5. The number of nitro groups is 2. The molecule has 3 atom stereocenters. The topological polar surface area (TPSA) is 228 Å². The van der Waals surface area contributed by atoms with Gasteiger partial charge in [0.2, 0.25) is 17.5 Å². The Bertz CT molecular complexity index is 1420. The fourth-order valence-corrected chi connectivity index (χ4v) is 4.32. The molecule has 16 nitrogen and oxygen atoms in total. The van der Waals surface area contributed by atoms with Crippen molar-refractivity contribution in [3.63, 3.8) is 0 Å². The van der Waals surface area contributed by atoms with Crippen molar-refractivity contribution >= 4 is 36.7 Å². The van der Waals surface area contributed by atoms with Crippen LogP contribution in [0.25, 0.3) is 0 Å². The highest BCUT2D eigenvalue weighted by Gasteiger charge is 2.53. The molecule has 0 spiro atoms. The summed E-state index contributed by atoms with van der Waals surface area (Å²) < 4.78 is 25.7. The Hall–Kier alpha value is -3.68. The molecule has 1 rings (SSSR count). The van der Waals surface area contributed by atoms with Gasteiger partial charge in [0.1, 0.15) is 11.4 Å². The second-order valence-electron chi connectivity index (χ2n) is 17.1. The quantitative estimate of drug-likeness (QED) is 0.0513. The maximum absolute atomic E-state index is 11.6. The van der Waals surface area contributed by atoms with Gasteiger partial charge in [0.15, 0.2) is 0 Å². The van der Waals surface area contributed by atoms with E-state index >= 15 is 0 Å². The zero-order valence-electron chi connectivity index (χ0n) is 40.1. The predicted octanol–water partition coefficient (Wildman–Crippen LogP) is 8.56. The third-order valence-electron chi connectivity index (χ3n) is 10.6. The van der Waals surface area contributed by atoms with Crippen molar-refractivity contribution in [3.05, 3.63) is 31.4 Å². The van der Waals surface area contributed by atoms with Gasteiger partial charge in [-0.15, -0.1) is 0 Å². The van der Waals surface area contributed by atoms with Crippen molar-refractivity contribution in [2.24, 2.45) is 22.7 Å². The minimum absolute atomic E-state index is 0.0596. The van der Waals surface area contributed by atoms with Gasteiger partial charge in [-0.3, -0.25) is 34.6 Å². The average Bonchev–Trinajstić information content (AvgIpc) is 3.20. The van der Waals surface area contributed by atoms with Crippen LogP contribution in [-0.4, -0.2) is 95.4 Å². The van der Waals surface area contributed by atoms with Gasteiger partial charge in [-0.05, 0) is 94.9 Å². The molecule has 58 heavy (non-hydrogen) atoms. The first-order valence-corrected chi connectivity index (χ1v) is 22.2. The summed E-state index contributed by atoms with van der Waals surface area (Å²) in [4.78, 5) is 74.1. The number of ketones is 1. The standard InChI is InChI=1S/C11H21NO4.C9H17NO.C8H14O2.C7H15O3P.C3H7NO2.C3H6O/c1-7-16-9(13)8(2)10(3,4)11(5,6)12(14)15;1-6-7(11)10-9(4,5)8(6,2)3;1-5-10-8(9)7(4)6(2)3;1-5-10-7(8)6(2)11(3,4)9;1-3(2)4(5)6;1-3(2)4/h8H,7H2,1-6H3;6H,1-5H3,(H,10,11);5H2,1-4H3;6H,5H2,1-4H3;3H,1-2H3;1-2H3. The zero-order valence-corrected chi connectivity index (χ0v) is 41.0. The molecule has 0 bridgehead atoms. The minimum Gasteiger partial charge on any atom is -0.466 e. The number of hydrogen-bond donors (Lipinski definition) is 1. The van der Waals surface area contributed by atoms with Crippen LogP contribution in [0, 0.1) is 42.9 Å². The molecule has 1 saturated heterocycles. The van der Waals surface area contributed by atoms with Crippen LogP contribution in [0.5, 0.6) is 0 Å². The third kappa shape index (κ3) is 23.7. The molecule has 0 aliphatic carbocycles. The Labute approximate surface area is 349 Å². The summed E-state index contributed by atoms with van der Waals surface area (Å²) in [5, 5.41) is 23.5. The van der Waals surface area contributed by atoms with Crippen LogP contribution < -0.4 is 5.32 Å². The zero-order chi connectivity index (χ0) is 48.0. The highest BCUT2D eigenvalue weighted by Crippen LogP contribution is 2.44. The number of esters is 3. The van der Waals surface area contributed by atoms with E-state index in [0.29, 0.717) is 18.8 Å². The Morgan fingerprint density at radius 3 is 1.34 bits per heavy atom. The van der Waals surface area contributed by atoms with Gasteiger partial charge in [-0.25, -0.2) is 4.79 Å². The molecule has 1 N–H and O–H groups in total. The molecular formula is C41H80N3O13P. The van der Waals surface area contributed by atoms with Crippen LogP contribution in [0.2, 0.25) is 0 Å². The maximum atomic E-state index is 11.6. The van der Waals surface area contributed by atoms with E-state index in [1.54, 1.807) is 82.6 Å². The molecule has 0 aromatic heterocycles. The van der Waals surface area contributed by atoms with Crippen LogP contribution in [0.3, 0.4) is 0 Å².